The Morgan fingerprint density at radius 3 is 2.39 bits per heavy atom. The molecule has 2 saturated heterocycles. The van der Waals surface area contributed by atoms with Crippen LogP contribution in [0.3, 0.4) is 0 Å². The Labute approximate surface area is 184 Å². The molecule has 0 aliphatic carbocycles. The van der Waals surface area contributed by atoms with Crippen molar-refractivity contribution in [1.29, 1.82) is 0 Å². The molecule has 0 aromatic heterocycles. The molecule has 31 heavy (non-hydrogen) atoms. The Morgan fingerprint density at radius 2 is 1.84 bits per heavy atom. The van der Waals surface area contributed by atoms with Crippen LogP contribution in [-0.4, -0.2) is 46.5 Å². The Hall–Kier alpha value is -2.41. The highest BCUT2D eigenvalue weighted by Crippen LogP contribution is 2.52. The fourth-order valence-electron chi connectivity index (χ4n) is 5.00. The average molecular weight is 431 g/mol. The zero-order chi connectivity index (χ0) is 22.8. The fourth-order valence-corrected chi connectivity index (χ4v) is 5.00. The number of carbonyl (C=O) groups excluding carboxylic acids is 2. The highest BCUT2D eigenvalue weighted by atomic mass is 16.5. The van der Waals surface area contributed by atoms with Gasteiger partial charge in [0.25, 0.3) is 0 Å². The predicted octanol–water partition coefficient (Wildman–Crippen LogP) is 3.39. The molecule has 0 spiro atoms. The lowest BCUT2D eigenvalue weighted by Crippen LogP contribution is -2.59. The van der Waals surface area contributed by atoms with Gasteiger partial charge in [-0.05, 0) is 36.5 Å². The second kappa shape index (κ2) is 9.39. The predicted molar refractivity (Wildman–Crippen MR) is 117 cm³/mol. The number of imide groups is 1. The largest absolute Gasteiger partial charge is 0.494 e. The SMILES string of the molecule is CCCCN1C(=O)C2C(c3ccc(OCCC)cc3)NC(C(=O)O)(C(C)CC)C2C1=O. The van der Waals surface area contributed by atoms with Crippen molar-refractivity contribution in [3.8, 4) is 5.75 Å². The van der Waals surface area contributed by atoms with Gasteiger partial charge in [0.1, 0.15) is 11.3 Å². The van der Waals surface area contributed by atoms with Crippen molar-refractivity contribution in [3.05, 3.63) is 29.8 Å². The molecule has 170 valence electrons. The van der Waals surface area contributed by atoms with E-state index >= 15 is 0 Å². The van der Waals surface area contributed by atoms with E-state index in [0.29, 0.717) is 26.0 Å². The second-order valence-corrected chi connectivity index (χ2v) is 8.71. The Kier molecular flexibility index (Phi) is 7.04. The number of likely N-dealkylation sites (tertiary alicyclic amines) is 1. The molecule has 2 fully saturated rings. The molecular formula is C24H34N2O5. The number of nitrogens with one attached hydrogen (secondary N) is 1. The fraction of sp³-hybridized carbons (Fsp3) is 0.625. The molecule has 5 unspecified atom stereocenters. The first-order valence-electron chi connectivity index (χ1n) is 11.4. The summed E-state index contributed by atoms with van der Waals surface area (Å²) in [6.07, 6.45) is 3.04. The number of aliphatic carboxylic acids is 1. The van der Waals surface area contributed by atoms with Crippen LogP contribution in [0.25, 0.3) is 0 Å². The number of ether oxygens (including phenoxy) is 1. The van der Waals surface area contributed by atoms with Crippen molar-refractivity contribution in [2.75, 3.05) is 13.2 Å². The Morgan fingerprint density at radius 1 is 1.16 bits per heavy atom. The molecule has 2 amide bonds. The van der Waals surface area contributed by atoms with Crippen molar-refractivity contribution in [3.63, 3.8) is 0 Å². The van der Waals surface area contributed by atoms with E-state index in [9.17, 15) is 19.5 Å². The molecule has 2 aliphatic rings. The van der Waals surface area contributed by atoms with E-state index in [0.717, 1.165) is 24.2 Å². The van der Waals surface area contributed by atoms with Crippen molar-refractivity contribution in [2.45, 2.75) is 65.0 Å². The summed E-state index contributed by atoms with van der Waals surface area (Å²) >= 11 is 0. The molecule has 1 aromatic rings. The maximum Gasteiger partial charge on any atom is 0.325 e. The summed E-state index contributed by atoms with van der Waals surface area (Å²) in [5.41, 5.74) is -0.682. The summed E-state index contributed by atoms with van der Waals surface area (Å²) in [5, 5.41) is 13.6. The molecule has 0 saturated carbocycles. The highest BCUT2D eigenvalue weighted by molar-refractivity contribution is 6.09. The number of carbonyl (C=O) groups is 3. The maximum absolute atomic E-state index is 13.4. The van der Waals surface area contributed by atoms with Gasteiger partial charge in [0.15, 0.2) is 0 Å². The van der Waals surface area contributed by atoms with Gasteiger partial charge in [0.2, 0.25) is 11.8 Å². The highest BCUT2D eigenvalue weighted by Gasteiger charge is 2.69. The van der Waals surface area contributed by atoms with Crippen molar-refractivity contribution in [1.82, 2.24) is 10.2 Å². The number of carboxylic acid groups (broad SMARTS) is 1. The van der Waals surface area contributed by atoms with Gasteiger partial charge in [0, 0.05) is 12.6 Å². The number of carboxylic acids is 1. The number of fused-ring (bicyclic) bond motifs is 1. The smallest absolute Gasteiger partial charge is 0.325 e. The van der Waals surface area contributed by atoms with Crippen LogP contribution in [-0.2, 0) is 14.4 Å². The molecule has 5 atom stereocenters. The zero-order valence-corrected chi connectivity index (χ0v) is 18.9. The zero-order valence-electron chi connectivity index (χ0n) is 18.9. The van der Waals surface area contributed by atoms with Crippen molar-refractivity contribution < 1.29 is 24.2 Å². The van der Waals surface area contributed by atoms with Gasteiger partial charge in [-0.15, -0.1) is 0 Å². The molecule has 7 heteroatoms. The van der Waals surface area contributed by atoms with Crippen molar-refractivity contribution in [2.24, 2.45) is 17.8 Å². The summed E-state index contributed by atoms with van der Waals surface area (Å²) < 4.78 is 5.65. The molecule has 7 nitrogen and oxygen atoms in total. The number of hydrogen-bond donors (Lipinski definition) is 2. The molecule has 2 aliphatic heterocycles. The van der Waals surface area contributed by atoms with E-state index in [-0.39, 0.29) is 17.7 Å². The third-order valence-corrected chi connectivity index (χ3v) is 6.88. The average Bonchev–Trinajstić information content (AvgIpc) is 3.25. The Balaban J connectivity index is 2.03. The van der Waals surface area contributed by atoms with Crippen LogP contribution >= 0.6 is 0 Å². The van der Waals surface area contributed by atoms with Crippen LogP contribution in [0.2, 0.25) is 0 Å². The second-order valence-electron chi connectivity index (χ2n) is 8.71. The summed E-state index contributed by atoms with van der Waals surface area (Å²) in [4.78, 5) is 40.7. The number of rotatable bonds is 10. The topological polar surface area (TPSA) is 95.9 Å². The molecule has 2 heterocycles. The van der Waals surface area contributed by atoms with Gasteiger partial charge >= 0.3 is 5.97 Å². The van der Waals surface area contributed by atoms with Crippen LogP contribution < -0.4 is 10.1 Å². The number of unbranched alkanes of at least 4 members (excludes halogenated alkanes) is 1. The number of benzene rings is 1. The number of hydrogen-bond acceptors (Lipinski definition) is 5. The summed E-state index contributed by atoms with van der Waals surface area (Å²) in [6.45, 7) is 8.74. The molecule has 3 rings (SSSR count). The first kappa shape index (κ1) is 23.3. The normalized spacial score (nSPS) is 28.6. The monoisotopic (exact) mass is 430 g/mol. The molecule has 0 radical (unpaired) electrons. The summed E-state index contributed by atoms with van der Waals surface area (Å²) in [6, 6.07) is 6.85. The minimum Gasteiger partial charge on any atom is -0.494 e. The van der Waals surface area contributed by atoms with Gasteiger partial charge in [-0.2, -0.15) is 0 Å². The van der Waals surface area contributed by atoms with Gasteiger partial charge < -0.3 is 9.84 Å². The van der Waals surface area contributed by atoms with E-state index in [1.807, 2.05) is 52.0 Å². The summed E-state index contributed by atoms with van der Waals surface area (Å²) in [7, 11) is 0. The third kappa shape index (κ3) is 3.84. The third-order valence-electron chi connectivity index (χ3n) is 6.88. The van der Waals surface area contributed by atoms with Crippen LogP contribution in [0.15, 0.2) is 24.3 Å². The van der Waals surface area contributed by atoms with Crippen LogP contribution in [0, 0.1) is 17.8 Å². The van der Waals surface area contributed by atoms with E-state index in [1.165, 1.54) is 4.90 Å². The first-order valence-corrected chi connectivity index (χ1v) is 11.4. The van der Waals surface area contributed by atoms with Crippen LogP contribution in [0.4, 0.5) is 0 Å². The number of nitrogens with zero attached hydrogens (tertiary/aromatic N) is 1. The molecular weight excluding hydrogens is 396 g/mol. The van der Waals surface area contributed by atoms with E-state index in [4.69, 9.17) is 4.74 Å². The van der Waals surface area contributed by atoms with Gasteiger partial charge in [-0.25, -0.2) is 0 Å². The van der Waals surface area contributed by atoms with E-state index in [1.54, 1.807) is 0 Å². The quantitative estimate of drug-likeness (QED) is 0.553. The lowest BCUT2D eigenvalue weighted by molar-refractivity contribution is -0.154. The summed E-state index contributed by atoms with van der Waals surface area (Å²) in [5.74, 6) is -2.92. The van der Waals surface area contributed by atoms with E-state index in [2.05, 4.69) is 5.32 Å². The first-order chi connectivity index (χ1) is 14.8. The minimum atomic E-state index is -1.48. The lowest BCUT2D eigenvalue weighted by Gasteiger charge is -2.36. The molecule has 1 aromatic carbocycles. The molecule has 2 N–H and O–H groups in total. The van der Waals surface area contributed by atoms with Crippen molar-refractivity contribution >= 4 is 17.8 Å². The minimum absolute atomic E-state index is 0.265. The van der Waals surface area contributed by atoms with Gasteiger partial charge in [-0.1, -0.05) is 52.7 Å². The van der Waals surface area contributed by atoms with Gasteiger partial charge in [-0.3, -0.25) is 24.6 Å². The van der Waals surface area contributed by atoms with Crippen LogP contribution in [0.1, 0.15) is 65.0 Å². The van der Waals surface area contributed by atoms with E-state index < -0.39 is 29.4 Å². The van der Waals surface area contributed by atoms with Gasteiger partial charge in [0.05, 0.1) is 18.4 Å². The standard InChI is InChI=1S/C24H34N2O5/c1-5-8-13-26-21(27)18-19(22(26)28)24(23(29)30,15(4)7-3)25-20(18)16-9-11-17(12-10-16)31-14-6-2/h9-12,15,18-20,25H,5-8,13-14H2,1-4H3,(H,29,30). The molecule has 0 bridgehead atoms. The lowest BCUT2D eigenvalue weighted by atomic mass is 9.72. The number of amides is 2. The van der Waals surface area contributed by atoms with Crippen LogP contribution in [0.5, 0.6) is 5.75 Å². The maximum atomic E-state index is 13.4. The Bertz CT molecular complexity index is 824.